The van der Waals surface area contributed by atoms with Crippen LogP contribution in [0.3, 0.4) is 0 Å². The molecular weight excluding hydrogens is 444 g/mol. The normalized spacial score (nSPS) is 10.8. The van der Waals surface area contributed by atoms with Crippen molar-refractivity contribution in [2.24, 2.45) is 5.73 Å². The average molecular weight is 471 g/mol. The lowest BCUT2D eigenvalue weighted by molar-refractivity contribution is -0.142. The number of rotatable bonds is 9. The average Bonchev–Trinajstić information content (AvgIpc) is 3.21. The fourth-order valence-corrected chi connectivity index (χ4v) is 4.28. The molecule has 0 unspecified atom stereocenters. The van der Waals surface area contributed by atoms with Gasteiger partial charge in [-0.15, -0.1) is 0 Å². The maximum atomic E-state index is 12.9. The van der Waals surface area contributed by atoms with Gasteiger partial charge in [0.25, 0.3) is 11.7 Å². The molecule has 2 N–H and O–H groups in total. The first kappa shape index (κ1) is 23.8. The van der Waals surface area contributed by atoms with Crippen molar-refractivity contribution in [1.29, 1.82) is 0 Å². The lowest BCUT2D eigenvalue weighted by Gasteiger charge is -2.10. The van der Waals surface area contributed by atoms with Gasteiger partial charge in [-0.1, -0.05) is 61.5 Å². The molecule has 0 bridgehead atoms. The third-order valence-corrected chi connectivity index (χ3v) is 5.94. The Morgan fingerprint density at radius 1 is 0.914 bits per heavy atom. The third kappa shape index (κ3) is 4.80. The molecule has 7 heteroatoms. The lowest BCUT2D eigenvalue weighted by Crippen LogP contribution is -2.24. The van der Waals surface area contributed by atoms with E-state index in [0.29, 0.717) is 24.1 Å². The Balaban J connectivity index is 1.80. The molecule has 0 saturated carbocycles. The number of methoxy groups -OCH3 is 1. The fourth-order valence-electron chi connectivity index (χ4n) is 4.28. The van der Waals surface area contributed by atoms with E-state index in [9.17, 15) is 14.4 Å². The molecule has 0 aliphatic carbocycles. The highest BCUT2D eigenvalue weighted by Gasteiger charge is 2.28. The van der Waals surface area contributed by atoms with Crippen molar-refractivity contribution in [1.82, 2.24) is 4.40 Å². The second kappa shape index (κ2) is 10.3. The van der Waals surface area contributed by atoms with Crippen molar-refractivity contribution in [2.75, 3.05) is 13.7 Å². The summed E-state index contributed by atoms with van der Waals surface area (Å²) in [7, 11) is 1.27. The van der Waals surface area contributed by atoms with Crippen LogP contribution in [0, 0.1) is 0 Å². The maximum absolute atomic E-state index is 12.9. The van der Waals surface area contributed by atoms with Crippen LogP contribution in [0.15, 0.2) is 72.9 Å². The van der Waals surface area contributed by atoms with Crippen LogP contribution in [-0.2, 0) is 27.2 Å². The van der Waals surface area contributed by atoms with Gasteiger partial charge in [0.05, 0.1) is 18.2 Å². The summed E-state index contributed by atoms with van der Waals surface area (Å²) in [5.74, 6) is -2.11. The van der Waals surface area contributed by atoms with Crippen molar-refractivity contribution >= 4 is 23.2 Å². The summed E-state index contributed by atoms with van der Waals surface area (Å²) in [6, 6.07) is 21.7. The van der Waals surface area contributed by atoms with Gasteiger partial charge >= 0.3 is 5.97 Å². The van der Waals surface area contributed by atoms with Crippen LogP contribution >= 0.6 is 0 Å². The highest BCUT2D eigenvalue weighted by molar-refractivity contribution is 6.44. The Kier molecular flexibility index (Phi) is 6.96. The molecule has 2 aromatic carbocycles. The first-order valence-electron chi connectivity index (χ1n) is 11.3. The van der Waals surface area contributed by atoms with E-state index in [0.717, 1.165) is 27.9 Å². The zero-order valence-electron chi connectivity index (χ0n) is 19.6. The Labute approximate surface area is 203 Å². The van der Waals surface area contributed by atoms with Crippen LogP contribution in [0.5, 0.6) is 5.75 Å². The quantitative estimate of drug-likeness (QED) is 0.227. The first-order chi connectivity index (χ1) is 16.9. The van der Waals surface area contributed by atoms with Crippen LogP contribution < -0.4 is 10.5 Å². The van der Waals surface area contributed by atoms with Crippen LogP contribution in [0.25, 0.3) is 16.6 Å². The molecule has 35 heavy (non-hydrogen) atoms. The summed E-state index contributed by atoms with van der Waals surface area (Å²) in [4.78, 5) is 36.5. The minimum Gasteiger partial charge on any atom is -0.480 e. The number of hydrogen-bond donors (Lipinski definition) is 1. The number of Topliss-reactive ketones (excluding diaryl/α,β-unsaturated/α-hetero) is 1. The van der Waals surface area contributed by atoms with Crippen molar-refractivity contribution in [2.45, 2.75) is 19.8 Å². The number of amides is 1. The molecular formula is C28H26N2O5. The number of ether oxygens (including phenoxy) is 2. The summed E-state index contributed by atoms with van der Waals surface area (Å²) in [6.45, 7) is 1.59. The van der Waals surface area contributed by atoms with E-state index in [-0.39, 0.29) is 12.2 Å². The van der Waals surface area contributed by atoms with Crippen molar-refractivity contribution < 1.29 is 23.9 Å². The smallest absolute Gasteiger partial charge is 0.343 e. The number of aromatic nitrogens is 1. The van der Waals surface area contributed by atoms with Gasteiger partial charge in [0.1, 0.15) is 5.75 Å². The van der Waals surface area contributed by atoms with E-state index in [1.165, 1.54) is 7.11 Å². The standard InChI is InChI=1S/C28H26N2O5/c1-3-21-22(16-18-11-13-20(14-12-18)19-8-5-4-6-9-19)30-15-7-10-23(35-17-24(31)34-2)26(30)25(21)27(32)28(29)33/h4-15H,3,16-17H2,1-2H3,(H2,29,33). The van der Waals surface area contributed by atoms with Crippen molar-refractivity contribution in [3.63, 3.8) is 0 Å². The molecule has 2 aromatic heterocycles. The third-order valence-electron chi connectivity index (χ3n) is 5.94. The van der Waals surface area contributed by atoms with Crippen molar-refractivity contribution in [3.8, 4) is 16.9 Å². The van der Waals surface area contributed by atoms with E-state index in [4.69, 9.17) is 10.5 Å². The number of ketones is 1. The summed E-state index contributed by atoms with van der Waals surface area (Å²) < 4.78 is 12.2. The molecule has 1 amide bonds. The molecule has 0 saturated heterocycles. The van der Waals surface area contributed by atoms with Crippen molar-refractivity contribution in [3.05, 3.63) is 95.3 Å². The Bertz CT molecular complexity index is 1390. The number of esters is 1. The molecule has 0 spiro atoms. The van der Waals surface area contributed by atoms with E-state index >= 15 is 0 Å². The summed E-state index contributed by atoms with van der Waals surface area (Å²) in [5, 5.41) is 0. The molecule has 7 nitrogen and oxygen atoms in total. The Morgan fingerprint density at radius 3 is 2.23 bits per heavy atom. The van der Waals surface area contributed by atoms with Crippen LogP contribution in [0.1, 0.15) is 34.1 Å². The summed E-state index contributed by atoms with van der Waals surface area (Å²) in [6.07, 6.45) is 2.83. The number of carbonyl (C=O) groups excluding carboxylic acids is 3. The molecule has 0 fully saturated rings. The largest absolute Gasteiger partial charge is 0.480 e. The van der Waals surface area contributed by atoms with Gasteiger partial charge in [-0.05, 0) is 40.8 Å². The van der Waals surface area contributed by atoms with Gasteiger partial charge in [0, 0.05) is 18.3 Å². The van der Waals surface area contributed by atoms with Crippen LogP contribution in [0.2, 0.25) is 0 Å². The molecule has 0 aliphatic heterocycles. The van der Waals surface area contributed by atoms with Gasteiger partial charge < -0.3 is 19.6 Å². The topological polar surface area (TPSA) is 100 Å². The lowest BCUT2D eigenvalue weighted by atomic mass is 9.98. The summed E-state index contributed by atoms with van der Waals surface area (Å²) in [5.41, 5.74) is 10.9. The predicted molar refractivity (Wildman–Crippen MR) is 132 cm³/mol. The second-order valence-electron chi connectivity index (χ2n) is 8.04. The van der Waals surface area contributed by atoms with E-state index in [2.05, 4.69) is 29.0 Å². The van der Waals surface area contributed by atoms with Gasteiger partial charge in [0.15, 0.2) is 6.61 Å². The molecule has 4 aromatic rings. The fraction of sp³-hybridized carbons (Fsp3) is 0.179. The van der Waals surface area contributed by atoms with E-state index in [1.54, 1.807) is 12.1 Å². The number of pyridine rings is 1. The zero-order valence-corrected chi connectivity index (χ0v) is 19.6. The van der Waals surface area contributed by atoms with Gasteiger partial charge in [-0.25, -0.2) is 4.79 Å². The van der Waals surface area contributed by atoms with Gasteiger partial charge in [0.2, 0.25) is 0 Å². The number of carbonyl (C=O) groups is 3. The number of nitrogens with two attached hydrogens (primary N) is 1. The number of hydrogen-bond acceptors (Lipinski definition) is 5. The molecule has 0 atom stereocenters. The van der Waals surface area contributed by atoms with Crippen LogP contribution in [-0.4, -0.2) is 35.8 Å². The summed E-state index contributed by atoms with van der Waals surface area (Å²) >= 11 is 0. The van der Waals surface area contributed by atoms with Gasteiger partial charge in [-0.3, -0.25) is 9.59 Å². The predicted octanol–water partition coefficient (Wildman–Crippen LogP) is 3.98. The maximum Gasteiger partial charge on any atom is 0.343 e. The highest BCUT2D eigenvalue weighted by Crippen LogP contribution is 2.33. The second-order valence-corrected chi connectivity index (χ2v) is 8.04. The minimum atomic E-state index is -1.05. The first-order valence-corrected chi connectivity index (χ1v) is 11.3. The molecule has 178 valence electrons. The minimum absolute atomic E-state index is 0.205. The highest BCUT2D eigenvalue weighted by atomic mass is 16.6. The Hall–Kier alpha value is -4.39. The van der Waals surface area contributed by atoms with Crippen LogP contribution in [0.4, 0.5) is 0 Å². The molecule has 0 aliphatic rings. The molecule has 0 radical (unpaired) electrons. The number of benzene rings is 2. The number of fused-ring (bicyclic) bond motifs is 1. The molecule has 4 rings (SSSR count). The van der Waals surface area contributed by atoms with E-state index in [1.807, 2.05) is 47.9 Å². The molecule has 2 heterocycles. The Morgan fingerprint density at radius 2 is 1.60 bits per heavy atom. The number of primary amides is 1. The number of nitrogens with zero attached hydrogens (tertiary/aromatic N) is 1. The van der Waals surface area contributed by atoms with E-state index < -0.39 is 17.7 Å². The zero-order chi connectivity index (χ0) is 24.9. The monoisotopic (exact) mass is 470 g/mol. The van der Waals surface area contributed by atoms with Gasteiger partial charge in [-0.2, -0.15) is 0 Å². The SMILES string of the molecule is CCc1c(C(=O)C(N)=O)c2c(OCC(=O)OC)cccn2c1Cc1ccc(-c2ccccc2)cc1.